The lowest BCUT2D eigenvalue weighted by Crippen LogP contribution is -2.59. The van der Waals surface area contributed by atoms with Gasteiger partial charge >= 0.3 is 12.2 Å². The van der Waals surface area contributed by atoms with Crippen LogP contribution in [0.5, 0.6) is 0 Å². The van der Waals surface area contributed by atoms with Crippen molar-refractivity contribution in [3.05, 3.63) is 0 Å². The minimum atomic E-state index is -0.726. The molecule has 2 saturated heterocycles. The van der Waals surface area contributed by atoms with Gasteiger partial charge in [0.05, 0.1) is 0 Å². The first kappa shape index (κ1) is 56.5. The van der Waals surface area contributed by atoms with Crippen LogP contribution in [0, 0.1) is 59.2 Å². The number of rotatable bonds is 21. The summed E-state index contributed by atoms with van der Waals surface area (Å²) in [7, 11) is 0. The third-order valence-corrected chi connectivity index (χ3v) is 19.8. The van der Waals surface area contributed by atoms with Gasteiger partial charge in [0.2, 0.25) is 35.0 Å². The van der Waals surface area contributed by atoms with E-state index in [1.54, 1.807) is 9.80 Å². The molecule has 4 amide bonds. The third kappa shape index (κ3) is 13.0. The molecule has 76 heavy (non-hydrogen) atoms. The fourth-order valence-corrected chi connectivity index (χ4v) is 16.4. The Bertz CT molecular complexity index is 1810. The van der Waals surface area contributed by atoms with Gasteiger partial charge < -0.3 is 39.4 Å². The van der Waals surface area contributed by atoms with Crippen LogP contribution in [0.15, 0.2) is 0 Å². The second-order valence-corrected chi connectivity index (χ2v) is 28.0. The van der Waals surface area contributed by atoms with E-state index >= 15 is 0 Å². The molecule has 12 rings (SSSR count). The maximum absolute atomic E-state index is 13.3. The Morgan fingerprint density at radius 3 is 1.05 bits per heavy atom. The van der Waals surface area contributed by atoms with Gasteiger partial charge in [-0.2, -0.15) is 19.6 Å². The zero-order chi connectivity index (χ0) is 53.4. The summed E-state index contributed by atoms with van der Waals surface area (Å²) in [5, 5.41) is 6.33. The number of nitrogens with zero attached hydrogens (tertiary/aromatic N) is 2. The van der Waals surface area contributed by atoms with Crippen LogP contribution in [0.1, 0.15) is 221 Å². The summed E-state index contributed by atoms with van der Waals surface area (Å²) in [6.45, 7) is 14.7. The highest BCUT2D eigenvalue weighted by molar-refractivity contribution is 5.79. The molecule has 12 aliphatic rings. The summed E-state index contributed by atoms with van der Waals surface area (Å²) < 4.78 is 25.3. The van der Waals surface area contributed by atoms with E-state index in [0.29, 0.717) is 127 Å². The maximum Gasteiger partial charge on any atom is 0.410 e. The van der Waals surface area contributed by atoms with Crippen molar-refractivity contribution in [1.82, 2.24) is 20.4 Å². The molecule has 0 aromatic rings. The predicted octanol–water partition coefficient (Wildman–Crippen LogP) is 11.6. The highest BCUT2D eigenvalue weighted by atomic mass is 17.3. The first-order chi connectivity index (χ1) is 36.3. The molecule has 4 spiro atoms. The van der Waals surface area contributed by atoms with Gasteiger partial charge in [0.1, 0.15) is 11.2 Å². The van der Waals surface area contributed by atoms with Crippen LogP contribution in [-0.4, -0.2) is 107 Å². The van der Waals surface area contributed by atoms with E-state index < -0.39 is 34.4 Å². The molecule has 12 fully saturated rings. The standard InChI is InChI=1S/C60H98N4O12/c1-55(2,3)69-53(67)63(29-15-25-61-51(65)45-17-21-57(22-18-45)71-59(75-73-57)47-33-41-31-42(35-47)36-48(59)34-41)27-13-11-9-7-8-10-12-14-28-64(54(68)70-56(4,5)6)30-16-26-62-52(66)46-19-23-58(24-20-46)72-60(76-74-58)49-37-43-32-44(39-49)40-50(60)38-43/h41-50H,7-40H2,1-6H3,(H,61,65)(H,62,66). The van der Waals surface area contributed by atoms with E-state index in [0.717, 1.165) is 75.0 Å². The summed E-state index contributed by atoms with van der Waals surface area (Å²) in [5.74, 6) is 2.34. The second kappa shape index (κ2) is 23.4. The van der Waals surface area contributed by atoms with E-state index in [9.17, 15) is 19.2 Å². The number of hydrogen-bond acceptors (Lipinski definition) is 12. The van der Waals surface area contributed by atoms with Crippen LogP contribution in [0.25, 0.3) is 0 Å². The first-order valence-corrected chi connectivity index (χ1v) is 31.0. The summed E-state index contributed by atoms with van der Waals surface area (Å²) in [6.07, 6.45) is 26.7. The summed E-state index contributed by atoms with van der Waals surface area (Å²) in [5.41, 5.74) is -1.18. The summed E-state index contributed by atoms with van der Waals surface area (Å²) in [4.78, 5) is 81.4. The smallest absolute Gasteiger partial charge is 0.410 e. The number of ether oxygens (including phenoxy) is 4. The van der Waals surface area contributed by atoms with Gasteiger partial charge in [0.25, 0.3) is 0 Å². The SMILES string of the molecule is CC(C)(C)OC(=O)N(CCCCCCCCCCN(CCCNC(=O)C1CCC2(CC1)OOC1(O2)C2CC3CC(C2)CC1C3)C(=O)OC(C)(C)C)CCCNC(=O)C1CCC2(CC1)OOC1(O2)C2CC3CC(C2)CC1C3. The fourth-order valence-electron chi connectivity index (χ4n) is 16.4. The monoisotopic (exact) mass is 1070 g/mol. The average Bonchev–Trinajstić information content (AvgIpc) is 3.93. The molecule has 16 nitrogen and oxygen atoms in total. The largest absolute Gasteiger partial charge is 0.444 e. The Hall–Kier alpha value is -2.76. The van der Waals surface area contributed by atoms with Crippen molar-refractivity contribution < 1.29 is 57.7 Å². The van der Waals surface area contributed by atoms with Crippen molar-refractivity contribution >= 4 is 24.0 Å². The lowest BCUT2D eigenvalue weighted by molar-refractivity contribution is -0.390. The molecule has 0 aromatic carbocycles. The minimum absolute atomic E-state index is 0.0689. The normalized spacial score (nSPS) is 37.9. The molecule has 0 unspecified atom stereocenters. The Kier molecular flexibility index (Phi) is 17.4. The molecular formula is C60H98N4O12. The number of carbonyl (C=O) groups excluding carboxylic acids is 4. The maximum atomic E-state index is 13.3. The Morgan fingerprint density at radius 1 is 0.434 bits per heavy atom. The zero-order valence-corrected chi connectivity index (χ0v) is 47.6. The highest BCUT2D eigenvalue weighted by Gasteiger charge is 2.68. The van der Waals surface area contributed by atoms with E-state index in [4.69, 9.17) is 38.5 Å². The van der Waals surface area contributed by atoms with Crippen LogP contribution in [-0.2, 0) is 48.1 Å². The van der Waals surface area contributed by atoms with Crippen LogP contribution in [0.2, 0.25) is 0 Å². The van der Waals surface area contributed by atoms with Gasteiger partial charge in [-0.3, -0.25) is 9.59 Å². The second-order valence-electron chi connectivity index (χ2n) is 28.0. The van der Waals surface area contributed by atoms with Crippen molar-refractivity contribution in [1.29, 1.82) is 0 Å². The zero-order valence-electron chi connectivity index (χ0n) is 47.6. The van der Waals surface area contributed by atoms with Crippen LogP contribution < -0.4 is 10.6 Å². The molecular weight excluding hydrogens is 969 g/mol. The molecule has 0 aromatic heterocycles. The number of carbonyl (C=O) groups is 4. The molecule has 0 radical (unpaired) electrons. The molecule has 10 aliphatic carbocycles. The first-order valence-electron chi connectivity index (χ1n) is 31.0. The van der Waals surface area contributed by atoms with Gasteiger partial charge in [0, 0.05) is 100 Å². The van der Waals surface area contributed by atoms with Crippen LogP contribution in [0.4, 0.5) is 9.59 Å². The summed E-state index contributed by atoms with van der Waals surface area (Å²) in [6, 6.07) is 0. The summed E-state index contributed by atoms with van der Waals surface area (Å²) >= 11 is 0. The molecule has 10 saturated carbocycles. The average molecular weight is 1070 g/mol. The molecule has 16 heteroatoms. The molecule has 2 heterocycles. The van der Waals surface area contributed by atoms with Crippen LogP contribution in [0.3, 0.4) is 0 Å². The van der Waals surface area contributed by atoms with Gasteiger partial charge in [-0.25, -0.2) is 9.59 Å². The van der Waals surface area contributed by atoms with Gasteiger partial charge in [-0.1, -0.05) is 38.5 Å². The van der Waals surface area contributed by atoms with Crippen molar-refractivity contribution in [3.63, 3.8) is 0 Å². The minimum Gasteiger partial charge on any atom is -0.444 e. The van der Waals surface area contributed by atoms with Crippen molar-refractivity contribution in [3.8, 4) is 0 Å². The van der Waals surface area contributed by atoms with E-state index in [2.05, 4.69) is 10.6 Å². The van der Waals surface area contributed by atoms with Crippen molar-refractivity contribution in [2.75, 3.05) is 39.3 Å². The quantitative estimate of drug-likeness (QED) is 0.0824. The fraction of sp³-hybridized carbons (Fsp3) is 0.933. The molecule has 2 aliphatic heterocycles. The van der Waals surface area contributed by atoms with Gasteiger partial charge in [0.15, 0.2) is 0 Å². The molecule has 430 valence electrons. The Morgan fingerprint density at radius 2 is 0.737 bits per heavy atom. The van der Waals surface area contributed by atoms with E-state index in [1.807, 2.05) is 41.5 Å². The number of nitrogens with one attached hydrogen (secondary N) is 2. The van der Waals surface area contributed by atoms with E-state index in [-0.39, 0.29) is 35.8 Å². The highest BCUT2D eigenvalue weighted by Crippen LogP contribution is 2.65. The molecule has 2 N–H and O–H groups in total. The number of unbranched alkanes of at least 4 members (excludes halogenated alkanes) is 7. The van der Waals surface area contributed by atoms with Gasteiger partial charge in [-0.15, -0.1) is 0 Å². The van der Waals surface area contributed by atoms with Gasteiger partial charge in [-0.05, 0) is 181 Å². The molecule has 0 atom stereocenters. The topological polar surface area (TPSA) is 173 Å². The van der Waals surface area contributed by atoms with E-state index in [1.165, 1.54) is 64.2 Å². The lowest BCUT2D eigenvalue weighted by Gasteiger charge is -2.57. The lowest BCUT2D eigenvalue weighted by atomic mass is 9.53. The Balaban J connectivity index is 0.572. The molecule has 8 bridgehead atoms. The van der Waals surface area contributed by atoms with Crippen LogP contribution >= 0.6 is 0 Å². The van der Waals surface area contributed by atoms with Crippen molar-refractivity contribution in [2.45, 2.75) is 256 Å². The number of amides is 4. The Labute approximate surface area is 454 Å². The predicted molar refractivity (Wildman–Crippen MR) is 283 cm³/mol. The van der Waals surface area contributed by atoms with Crippen molar-refractivity contribution in [2.24, 2.45) is 59.2 Å². The number of hydrogen-bond donors (Lipinski definition) is 2. The third-order valence-electron chi connectivity index (χ3n) is 19.8.